The van der Waals surface area contributed by atoms with Crippen LogP contribution in [0.15, 0.2) is 0 Å². The molecular formula is C15H30O6. The molecule has 1 aliphatic heterocycles. The Labute approximate surface area is 127 Å². The van der Waals surface area contributed by atoms with E-state index in [1.807, 2.05) is 0 Å². The number of aliphatic hydroxyl groups is 3. The van der Waals surface area contributed by atoms with Crippen molar-refractivity contribution in [3.63, 3.8) is 0 Å². The number of aliphatic hydroxyl groups excluding tert-OH is 3. The van der Waals surface area contributed by atoms with Gasteiger partial charge in [0.2, 0.25) is 0 Å². The summed E-state index contributed by atoms with van der Waals surface area (Å²) in [6.45, 7) is 2.38. The van der Waals surface area contributed by atoms with Gasteiger partial charge in [0, 0.05) is 13.7 Å². The summed E-state index contributed by atoms with van der Waals surface area (Å²) in [6.07, 6.45) is 2.22. The van der Waals surface area contributed by atoms with Crippen molar-refractivity contribution in [2.45, 2.75) is 76.2 Å². The average Bonchev–Trinajstić information content (AvgIpc) is 2.50. The van der Waals surface area contributed by atoms with Crippen LogP contribution in [0.3, 0.4) is 0 Å². The van der Waals surface area contributed by atoms with Gasteiger partial charge in [-0.05, 0) is 6.42 Å². The second-order valence-electron chi connectivity index (χ2n) is 5.55. The molecule has 0 saturated carbocycles. The molecule has 21 heavy (non-hydrogen) atoms. The SMILES string of the molecule is CCCCCCCCO[C@H]1[C@H](O)[C@@H](O)[C@@H](OC)O[C@@H]1CO. The largest absolute Gasteiger partial charge is 0.394 e. The monoisotopic (exact) mass is 306 g/mol. The lowest BCUT2D eigenvalue weighted by molar-refractivity contribution is -0.301. The van der Waals surface area contributed by atoms with Crippen molar-refractivity contribution in [2.24, 2.45) is 0 Å². The molecule has 5 atom stereocenters. The molecule has 0 spiro atoms. The molecule has 0 radical (unpaired) electrons. The Bertz CT molecular complexity index is 261. The highest BCUT2D eigenvalue weighted by molar-refractivity contribution is 4.90. The quantitative estimate of drug-likeness (QED) is 0.518. The number of methoxy groups -OCH3 is 1. The highest BCUT2D eigenvalue weighted by Gasteiger charge is 2.45. The first-order valence-corrected chi connectivity index (χ1v) is 7.92. The van der Waals surface area contributed by atoms with E-state index in [9.17, 15) is 15.3 Å². The van der Waals surface area contributed by atoms with E-state index in [2.05, 4.69) is 6.92 Å². The maximum atomic E-state index is 10.1. The molecule has 6 nitrogen and oxygen atoms in total. The molecule has 1 saturated heterocycles. The van der Waals surface area contributed by atoms with E-state index >= 15 is 0 Å². The zero-order chi connectivity index (χ0) is 15.7. The fourth-order valence-corrected chi connectivity index (χ4v) is 2.56. The zero-order valence-electron chi connectivity index (χ0n) is 13.1. The van der Waals surface area contributed by atoms with Gasteiger partial charge in [-0.15, -0.1) is 0 Å². The van der Waals surface area contributed by atoms with E-state index in [1.165, 1.54) is 32.8 Å². The van der Waals surface area contributed by atoms with Crippen molar-refractivity contribution < 1.29 is 29.5 Å². The molecule has 1 fully saturated rings. The highest BCUT2D eigenvalue weighted by Crippen LogP contribution is 2.24. The highest BCUT2D eigenvalue weighted by atomic mass is 16.7. The maximum absolute atomic E-state index is 10.1. The molecule has 0 aromatic heterocycles. The number of hydrogen-bond donors (Lipinski definition) is 3. The first kappa shape index (κ1) is 18.8. The molecule has 0 unspecified atom stereocenters. The minimum Gasteiger partial charge on any atom is -0.394 e. The Balaban J connectivity index is 2.31. The van der Waals surface area contributed by atoms with Crippen LogP contribution in [-0.2, 0) is 14.2 Å². The van der Waals surface area contributed by atoms with Crippen LogP contribution in [-0.4, -0.2) is 66.3 Å². The molecule has 0 amide bonds. The lowest BCUT2D eigenvalue weighted by Crippen LogP contribution is -2.59. The number of ether oxygens (including phenoxy) is 3. The third kappa shape index (κ3) is 5.81. The van der Waals surface area contributed by atoms with E-state index in [0.717, 1.165) is 12.8 Å². The van der Waals surface area contributed by atoms with Gasteiger partial charge in [0.15, 0.2) is 6.29 Å². The second-order valence-corrected chi connectivity index (χ2v) is 5.55. The average molecular weight is 306 g/mol. The number of unbranched alkanes of at least 4 members (excludes halogenated alkanes) is 5. The van der Waals surface area contributed by atoms with Crippen LogP contribution in [0.5, 0.6) is 0 Å². The minimum absolute atomic E-state index is 0.287. The van der Waals surface area contributed by atoms with Crippen molar-refractivity contribution in [1.82, 2.24) is 0 Å². The Morgan fingerprint density at radius 1 is 1.00 bits per heavy atom. The fourth-order valence-electron chi connectivity index (χ4n) is 2.56. The molecule has 0 aliphatic carbocycles. The van der Waals surface area contributed by atoms with Gasteiger partial charge in [0.25, 0.3) is 0 Å². The predicted octanol–water partition coefficient (Wildman–Crippen LogP) is 0.817. The number of rotatable bonds is 10. The van der Waals surface area contributed by atoms with E-state index in [-0.39, 0.29) is 6.61 Å². The van der Waals surface area contributed by atoms with E-state index in [4.69, 9.17) is 14.2 Å². The van der Waals surface area contributed by atoms with E-state index < -0.39 is 30.7 Å². The van der Waals surface area contributed by atoms with Crippen LogP contribution in [0.1, 0.15) is 45.4 Å². The first-order chi connectivity index (χ1) is 10.2. The Morgan fingerprint density at radius 2 is 1.67 bits per heavy atom. The lowest BCUT2D eigenvalue weighted by atomic mass is 9.99. The van der Waals surface area contributed by atoms with Crippen LogP contribution < -0.4 is 0 Å². The summed E-state index contributed by atoms with van der Waals surface area (Å²) in [5.41, 5.74) is 0. The smallest absolute Gasteiger partial charge is 0.186 e. The molecular weight excluding hydrogens is 276 g/mol. The summed E-state index contributed by atoms with van der Waals surface area (Å²) in [5, 5.41) is 29.3. The fraction of sp³-hybridized carbons (Fsp3) is 1.00. The summed E-state index contributed by atoms with van der Waals surface area (Å²) in [6, 6.07) is 0. The van der Waals surface area contributed by atoms with Crippen molar-refractivity contribution >= 4 is 0 Å². The molecule has 0 bridgehead atoms. The third-order valence-electron chi connectivity index (χ3n) is 3.86. The summed E-state index contributed by atoms with van der Waals surface area (Å²) in [7, 11) is 1.38. The summed E-state index contributed by atoms with van der Waals surface area (Å²) in [4.78, 5) is 0. The molecule has 1 aliphatic rings. The van der Waals surface area contributed by atoms with Gasteiger partial charge in [0.1, 0.15) is 24.4 Å². The van der Waals surface area contributed by atoms with Crippen LogP contribution >= 0.6 is 0 Å². The van der Waals surface area contributed by atoms with E-state index in [1.54, 1.807) is 0 Å². The molecule has 1 heterocycles. The van der Waals surface area contributed by atoms with Gasteiger partial charge in [-0.3, -0.25) is 0 Å². The Morgan fingerprint density at radius 3 is 2.29 bits per heavy atom. The summed E-state index contributed by atoms with van der Waals surface area (Å²) >= 11 is 0. The summed E-state index contributed by atoms with van der Waals surface area (Å²) in [5.74, 6) is 0. The molecule has 3 N–H and O–H groups in total. The van der Waals surface area contributed by atoms with Gasteiger partial charge in [-0.1, -0.05) is 39.0 Å². The topological polar surface area (TPSA) is 88.4 Å². The third-order valence-corrected chi connectivity index (χ3v) is 3.86. The Hall–Kier alpha value is -0.240. The van der Waals surface area contributed by atoms with Gasteiger partial charge >= 0.3 is 0 Å². The van der Waals surface area contributed by atoms with E-state index in [0.29, 0.717) is 6.61 Å². The van der Waals surface area contributed by atoms with Crippen molar-refractivity contribution in [1.29, 1.82) is 0 Å². The van der Waals surface area contributed by atoms with Gasteiger partial charge < -0.3 is 29.5 Å². The summed E-state index contributed by atoms with van der Waals surface area (Å²) < 4.78 is 15.9. The zero-order valence-corrected chi connectivity index (χ0v) is 13.1. The van der Waals surface area contributed by atoms with Gasteiger partial charge in [0.05, 0.1) is 6.61 Å². The van der Waals surface area contributed by atoms with Gasteiger partial charge in [-0.25, -0.2) is 0 Å². The lowest BCUT2D eigenvalue weighted by Gasteiger charge is -2.41. The molecule has 0 aromatic rings. The normalized spacial score (nSPS) is 33.3. The molecule has 6 heteroatoms. The molecule has 1 rings (SSSR count). The maximum Gasteiger partial charge on any atom is 0.186 e. The van der Waals surface area contributed by atoms with Gasteiger partial charge in [-0.2, -0.15) is 0 Å². The predicted molar refractivity (Wildman–Crippen MR) is 77.9 cm³/mol. The van der Waals surface area contributed by atoms with Crippen LogP contribution in [0.25, 0.3) is 0 Å². The molecule has 0 aromatic carbocycles. The molecule has 126 valence electrons. The standard InChI is InChI=1S/C15H30O6/c1-3-4-5-6-7-8-9-20-14-11(10-16)21-15(19-2)13(18)12(14)17/h11-18H,3-10H2,1-2H3/t11-,12-,13-,14-,15+/m1/s1. The van der Waals surface area contributed by atoms with Crippen molar-refractivity contribution in [2.75, 3.05) is 20.3 Å². The number of hydrogen-bond acceptors (Lipinski definition) is 6. The second kappa shape index (κ2) is 10.5. The minimum atomic E-state index is -1.17. The van der Waals surface area contributed by atoms with Crippen molar-refractivity contribution in [3.8, 4) is 0 Å². The Kier molecular flexibility index (Phi) is 9.39. The van der Waals surface area contributed by atoms with Crippen LogP contribution in [0.2, 0.25) is 0 Å². The van der Waals surface area contributed by atoms with Crippen LogP contribution in [0, 0.1) is 0 Å². The van der Waals surface area contributed by atoms with Crippen molar-refractivity contribution in [3.05, 3.63) is 0 Å². The van der Waals surface area contributed by atoms with Crippen LogP contribution in [0.4, 0.5) is 0 Å². The first-order valence-electron chi connectivity index (χ1n) is 7.92.